The quantitative estimate of drug-likeness (QED) is 0.727. The number of carboxylic acids is 1. The second kappa shape index (κ2) is 8.89. The van der Waals surface area contributed by atoms with Crippen LogP contribution >= 0.6 is 0 Å². The van der Waals surface area contributed by atoms with Crippen molar-refractivity contribution in [3.8, 4) is 5.75 Å². The maximum absolute atomic E-state index is 11.7. The van der Waals surface area contributed by atoms with E-state index in [1.807, 2.05) is 45.2 Å². The van der Waals surface area contributed by atoms with Crippen LogP contribution < -0.4 is 4.74 Å². The van der Waals surface area contributed by atoms with Gasteiger partial charge in [-0.2, -0.15) is 0 Å². The van der Waals surface area contributed by atoms with Crippen molar-refractivity contribution in [2.24, 2.45) is 0 Å². The summed E-state index contributed by atoms with van der Waals surface area (Å²) in [4.78, 5) is 26.5. The molecule has 2 atom stereocenters. The number of carboxylic acid groups (broad SMARTS) is 1. The van der Waals surface area contributed by atoms with Crippen molar-refractivity contribution < 1.29 is 24.2 Å². The molecule has 1 aliphatic rings. The molecule has 0 bridgehead atoms. The van der Waals surface area contributed by atoms with Crippen LogP contribution in [0.3, 0.4) is 0 Å². The monoisotopic (exact) mass is 364 g/mol. The summed E-state index contributed by atoms with van der Waals surface area (Å²) in [6.45, 7) is 4.87. The predicted molar refractivity (Wildman–Crippen MR) is 97.5 cm³/mol. The summed E-state index contributed by atoms with van der Waals surface area (Å²) >= 11 is 0. The normalized spacial score (nSPS) is 18.5. The molecule has 1 fully saturated rings. The molecule has 0 aliphatic carbocycles. The highest BCUT2D eigenvalue weighted by Gasteiger charge is 2.31. The van der Waals surface area contributed by atoms with Gasteiger partial charge in [0.25, 0.3) is 0 Å². The minimum absolute atomic E-state index is 0.0379. The fraction of sp³-hybridized carbons (Fsp3) is 0.579. The molecule has 1 heterocycles. The zero-order valence-electron chi connectivity index (χ0n) is 15.8. The molecule has 0 spiro atoms. The lowest BCUT2D eigenvalue weighted by atomic mass is 10.1. The van der Waals surface area contributed by atoms with Crippen LogP contribution in [-0.2, 0) is 16.0 Å². The lowest BCUT2D eigenvalue weighted by molar-refractivity contribution is -0.153. The maximum atomic E-state index is 11.7. The number of carbonyl (C=O) groups excluding carboxylic acids is 1. The molecule has 1 aliphatic heterocycles. The Labute approximate surface area is 154 Å². The van der Waals surface area contributed by atoms with Crippen LogP contribution in [0.25, 0.3) is 0 Å². The number of ether oxygens (including phenoxy) is 2. The van der Waals surface area contributed by atoms with Crippen LogP contribution in [0.15, 0.2) is 24.3 Å². The van der Waals surface area contributed by atoms with Crippen LogP contribution in [0.4, 0.5) is 4.79 Å². The lowest BCUT2D eigenvalue weighted by Gasteiger charge is -2.18. The summed E-state index contributed by atoms with van der Waals surface area (Å²) < 4.78 is 11.2. The van der Waals surface area contributed by atoms with Crippen molar-refractivity contribution in [1.82, 2.24) is 9.80 Å². The Hall–Kier alpha value is -2.28. The average molecular weight is 364 g/mol. The summed E-state index contributed by atoms with van der Waals surface area (Å²) in [7, 11) is 3.61. The Kier molecular flexibility index (Phi) is 6.85. The average Bonchev–Trinajstić information content (AvgIpc) is 2.82. The largest absolute Gasteiger partial charge is 0.494 e. The van der Waals surface area contributed by atoms with E-state index in [-0.39, 0.29) is 18.2 Å². The van der Waals surface area contributed by atoms with Gasteiger partial charge in [-0.15, -0.1) is 0 Å². The van der Waals surface area contributed by atoms with Gasteiger partial charge in [-0.3, -0.25) is 0 Å². The molecule has 1 aromatic rings. The Balaban J connectivity index is 1.82. The molecule has 7 nitrogen and oxygen atoms in total. The molecule has 26 heavy (non-hydrogen) atoms. The molecule has 0 radical (unpaired) electrons. The Morgan fingerprint density at radius 1 is 1.27 bits per heavy atom. The van der Waals surface area contributed by atoms with Crippen LogP contribution in [-0.4, -0.2) is 72.4 Å². The van der Waals surface area contributed by atoms with Gasteiger partial charge in [-0.1, -0.05) is 12.1 Å². The van der Waals surface area contributed by atoms with E-state index >= 15 is 0 Å². The molecule has 1 aromatic carbocycles. The number of nitrogens with zero attached hydrogens (tertiary/aromatic N) is 2. The first-order valence-electron chi connectivity index (χ1n) is 8.86. The highest BCUT2D eigenvalue weighted by Crippen LogP contribution is 2.18. The van der Waals surface area contributed by atoms with Gasteiger partial charge >= 0.3 is 12.0 Å². The third-order valence-corrected chi connectivity index (χ3v) is 4.44. The summed E-state index contributed by atoms with van der Waals surface area (Å²) in [6, 6.07) is 7.58. The number of carbonyl (C=O) groups is 2. The predicted octanol–water partition coefficient (Wildman–Crippen LogP) is 2.24. The van der Waals surface area contributed by atoms with Crippen molar-refractivity contribution in [3.05, 3.63) is 29.8 Å². The fourth-order valence-electron chi connectivity index (χ4n) is 3.00. The topological polar surface area (TPSA) is 79.3 Å². The third kappa shape index (κ3) is 5.36. The van der Waals surface area contributed by atoms with Gasteiger partial charge in [0.2, 0.25) is 0 Å². The summed E-state index contributed by atoms with van der Waals surface area (Å²) in [5.74, 6) is -0.232. The van der Waals surface area contributed by atoms with E-state index in [0.717, 1.165) is 17.7 Å². The molecule has 144 valence electrons. The molecular formula is C19H28N2O5. The second-order valence-corrected chi connectivity index (χ2v) is 6.92. The Morgan fingerprint density at radius 3 is 2.42 bits per heavy atom. The van der Waals surface area contributed by atoms with E-state index in [9.17, 15) is 14.7 Å². The molecule has 2 rings (SSSR count). The van der Waals surface area contributed by atoms with Crippen LogP contribution in [0.5, 0.6) is 5.75 Å². The first-order valence-corrected chi connectivity index (χ1v) is 8.86. The van der Waals surface area contributed by atoms with E-state index in [1.54, 1.807) is 16.8 Å². The van der Waals surface area contributed by atoms with Crippen molar-refractivity contribution >= 4 is 12.0 Å². The maximum Gasteiger partial charge on any atom is 0.333 e. The molecular weight excluding hydrogens is 336 g/mol. The number of hydrogen-bond donors (Lipinski definition) is 1. The smallest absolute Gasteiger partial charge is 0.333 e. The molecule has 1 saturated heterocycles. The second-order valence-electron chi connectivity index (χ2n) is 6.92. The number of hydrogen-bond acceptors (Lipinski definition) is 4. The van der Waals surface area contributed by atoms with Crippen LogP contribution in [0.1, 0.15) is 25.8 Å². The van der Waals surface area contributed by atoms with Crippen molar-refractivity contribution in [2.75, 3.05) is 27.2 Å². The van der Waals surface area contributed by atoms with Gasteiger partial charge in [0.1, 0.15) is 5.75 Å². The Morgan fingerprint density at radius 2 is 1.92 bits per heavy atom. The summed E-state index contributed by atoms with van der Waals surface area (Å²) in [6.07, 6.45) is 0.0831. The summed E-state index contributed by atoms with van der Waals surface area (Å²) in [5.41, 5.74) is 0.883. The molecule has 1 unspecified atom stereocenters. The van der Waals surface area contributed by atoms with E-state index in [1.165, 1.54) is 0 Å². The van der Waals surface area contributed by atoms with Crippen molar-refractivity contribution in [3.63, 3.8) is 0 Å². The lowest BCUT2D eigenvalue weighted by Crippen LogP contribution is -2.31. The number of likely N-dealkylation sites (N-methyl/N-ethyl adjacent to an activating group) is 2. The number of benzene rings is 1. The molecule has 1 N–H and O–H groups in total. The SMILES string of the molecule is CC(C)O[C@@H](Cc1ccc(OCCC2CN(C)C(=O)N2C)cc1)C(=O)O. The van der Waals surface area contributed by atoms with E-state index < -0.39 is 12.1 Å². The number of urea groups is 1. The van der Waals surface area contributed by atoms with Gasteiger partial charge in [0.15, 0.2) is 6.10 Å². The van der Waals surface area contributed by atoms with Crippen LogP contribution in [0, 0.1) is 0 Å². The van der Waals surface area contributed by atoms with Crippen molar-refractivity contribution in [2.45, 2.75) is 44.9 Å². The zero-order valence-corrected chi connectivity index (χ0v) is 15.8. The third-order valence-electron chi connectivity index (χ3n) is 4.44. The van der Waals surface area contributed by atoms with Crippen LogP contribution in [0.2, 0.25) is 0 Å². The van der Waals surface area contributed by atoms with Gasteiger partial charge in [0.05, 0.1) is 18.8 Å². The van der Waals surface area contributed by atoms with Gasteiger partial charge in [-0.05, 0) is 31.5 Å². The Bertz CT molecular complexity index is 617. The number of rotatable bonds is 9. The molecule has 0 aromatic heterocycles. The van der Waals surface area contributed by atoms with Gasteiger partial charge < -0.3 is 24.4 Å². The molecule has 7 heteroatoms. The van der Waals surface area contributed by atoms with E-state index in [2.05, 4.69) is 0 Å². The van der Waals surface area contributed by atoms with Gasteiger partial charge in [-0.25, -0.2) is 9.59 Å². The summed E-state index contributed by atoms with van der Waals surface area (Å²) in [5, 5.41) is 9.24. The standard InChI is InChI=1S/C19H28N2O5/c1-13(2)26-17(18(22)23)11-14-5-7-16(8-6-14)25-10-9-15-12-20(3)19(24)21(15)4/h5-8,13,15,17H,9-12H2,1-4H3,(H,22,23)/t15?,17-/m0/s1. The first-order chi connectivity index (χ1) is 12.3. The zero-order chi connectivity index (χ0) is 19.3. The number of aliphatic carboxylic acids is 1. The van der Waals surface area contributed by atoms with E-state index in [4.69, 9.17) is 9.47 Å². The highest BCUT2D eigenvalue weighted by atomic mass is 16.5. The minimum atomic E-state index is -0.959. The number of amides is 2. The minimum Gasteiger partial charge on any atom is -0.494 e. The first kappa shape index (κ1) is 20.0. The van der Waals surface area contributed by atoms with Gasteiger partial charge in [0, 0.05) is 33.5 Å². The molecule has 2 amide bonds. The fourth-order valence-corrected chi connectivity index (χ4v) is 3.00. The molecule has 0 saturated carbocycles. The van der Waals surface area contributed by atoms with E-state index in [0.29, 0.717) is 19.6 Å². The highest BCUT2D eigenvalue weighted by molar-refractivity contribution is 5.76. The van der Waals surface area contributed by atoms with Crippen molar-refractivity contribution in [1.29, 1.82) is 0 Å².